The van der Waals surface area contributed by atoms with Crippen LogP contribution in [-0.4, -0.2) is 0 Å². The summed E-state index contributed by atoms with van der Waals surface area (Å²) < 4.78 is 229. The van der Waals surface area contributed by atoms with Crippen LogP contribution in [0.3, 0.4) is 0 Å². The zero-order valence-electron chi connectivity index (χ0n) is 89.8. The van der Waals surface area contributed by atoms with Gasteiger partial charge in [0.2, 0.25) is 28.5 Å². The molecule has 10 aromatic rings. The summed E-state index contributed by atoms with van der Waals surface area (Å²) in [6.45, 7) is 17.7. The van der Waals surface area contributed by atoms with Gasteiger partial charge in [0, 0.05) is 125 Å². The largest absolute Gasteiger partial charge is 0.212 e. The molecule has 5 aromatic carbocycles. The Kier molecular flexibility index (Phi) is 16.1. The van der Waals surface area contributed by atoms with Gasteiger partial charge >= 0.3 is 0 Å². The third-order valence-electron chi connectivity index (χ3n) is 16.8. The van der Waals surface area contributed by atoms with Gasteiger partial charge in [-0.05, 0) is 244 Å². The zero-order valence-corrected chi connectivity index (χ0v) is 61.8. The Morgan fingerprint density at radius 3 is 1.18 bits per heavy atom. The number of hydrogen-bond donors (Lipinski definition) is 0. The molecule has 0 N–H and O–H groups in total. The Bertz CT molecular complexity index is 5570. The second kappa shape index (κ2) is 33.9. The Morgan fingerprint density at radius 1 is 0.361 bits per heavy atom. The molecular weight excluding hydrogens is 1180 g/mol. The first-order valence-corrected chi connectivity index (χ1v) is 33.1. The maximum Gasteiger partial charge on any atom is 0.212 e. The molecule has 0 bridgehead atoms. The van der Waals surface area contributed by atoms with Crippen LogP contribution >= 0.6 is 0 Å². The summed E-state index contributed by atoms with van der Waals surface area (Å²) in [5.41, 5.74) is 20.9. The van der Waals surface area contributed by atoms with E-state index in [1.165, 1.54) is 70.5 Å². The van der Waals surface area contributed by atoms with E-state index in [0.29, 0.717) is 33.6 Å². The Morgan fingerprint density at radius 2 is 0.753 bits per heavy atom. The average Bonchev–Trinajstić information content (AvgIpc) is 0.753. The zero-order chi connectivity index (χ0) is 96.0. The molecule has 0 saturated carbocycles. The summed E-state index contributed by atoms with van der Waals surface area (Å²) in [4.78, 5) is 0. The first-order chi connectivity index (χ1) is 56.4. The topological polar surface area (TPSA) is 19.4 Å². The minimum atomic E-state index is -2.47. The van der Waals surface area contributed by atoms with Gasteiger partial charge in [-0.15, -0.1) is 0 Å². The van der Waals surface area contributed by atoms with Gasteiger partial charge in [0.15, 0.2) is 31.0 Å². The third-order valence-corrected chi connectivity index (χ3v) is 16.8. The molecule has 0 radical (unpaired) electrons. The minimum absolute atomic E-state index is 0.0192. The molecule has 0 aliphatic heterocycles. The lowest BCUT2D eigenvalue weighted by atomic mass is 9.86. The normalized spacial score (nSPS) is 17.4. The number of rotatable bonds is 11. The Labute approximate surface area is 629 Å². The molecule has 0 spiro atoms. The SMILES string of the molecule is Cc1cc(C)c(C)c(-c2cc(C)c(C)c[n+]2C)c1.[2H]C([2H])([2H])c1ccc(-c2cc(C([2H])([2H])C(C)(C)C)c(C([2H])([2H])[2H])c[n+]2C)c(C)c1.[2H]C([2H])([2H])c1ccc(-c2cc(C([2H])([2H])C(C)C)c(C([2H])([2H])[2H])c[n+]2C)c(C)c1.[2H]C([2H])([2H])c1ccc(-c2cc(C([2H])([2H])C(C)C)cc[n+]2C)c(C)c1.[2H]C([2H])([2H])c1ccc(-c2cc(C)c(C([2H])(C)C([2H])([2H])[2H])c[n+]2C)c(C)c1. The van der Waals surface area contributed by atoms with Crippen molar-refractivity contribution in [2.75, 3.05) is 0 Å². The fraction of sp³-hybridized carbons (Fsp3) is 0.402. The summed E-state index contributed by atoms with van der Waals surface area (Å²) in [5, 5.41) is 0. The standard InChI is InChI=1S/C20H28N.C19H26N.2C18H24N.C17H22N/c1-14-8-9-18(15(2)10-14)19-11-17(12-20(4,5)6)16(3)13-21(19)7;1-13(2)9-17-11-19(20(6)12-16(17)5)18-8-7-14(3)10-15(18)4;1-12(2)17-11-19(6)18(10-15(17)5)16-8-7-13(3)9-14(16)4;1-13(2)10-16-8-9-19(5)18(12-16)17-7-6-14(3)11-15(17)4;1-11-7-13(3)15(5)16(8-11)17-9-12(2)14(4)10-18(17)6/h8-11,13H,12H2,1-7H3;7-8,10-13H,9H2,1-6H3;7-12H,1-6H3;6-9,11-13H,10H2,1-5H3;7-10H,1-6H3/q5*+1/i1D3,3D3,12D2;3D3,5D3,9D2;1D3,3D3,12D;3D3,10D2;. The highest BCUT2D eigenvalue weighted by Gasteiger charge is 2.23. The molecule has 5 nitrogen and oxygen atoms in total. The van der Waals surface area contributed by atoms with E-state index in [1.54, 1.807) is 175 Å². The molecule has 0 amide bonds. The summed E-state index contributed by atoms with van der Waals surface area (Å²) >= 11 is 0. The van der Waals surface area contributed by atoms with Crippen molar-refractivity contribution < 1.29 is 61.2 Å². The first-order valence-electron chi connectivity index (χ1n) is 47.1. The van der Waals surface area contributed by atoms with E-state index in [4.69, 9.17) is 38.4 Å². The monoisotopic (exact) mass is 1330 g/mol. The molecule has 5 heteroatoms. The molecule has 0 saturated heterocycles. The van der Waals surface area contributed by atoms with Gasteiger partial charge < -0.3 is 0 Å². The van der Waals surface area contributed by atoms with Crippen molar-refractivity contribution in [2.24, 2.45) is 52.5 Å². The molecular formula is C92H124N5+5. The van der Waals surface area contributed by atoms with Crippen LogP contribution in [0.2, 0.25) is 0 Å². The van der Waals surface area contributed by atoms with E-state index in [9.17, 15) is 0 Å². The van der Waals surface area contributed by atoms with Gasteiger partial charge in [-0.3, -0.25) is 0 Å². The number of hydrogen-bond acceptors (Lipinski definition) is 0. The van der Waals surface area contributed by atoms with Crippen LogP contribution in [0.1, 0.15) is 218 Å². The first kappa shape index (κ1) is 46.2. The van der Waals surface area contributed by atoms with Crippen LogP contribution in [0.25, 0.3) is 56.3 Å². The minimum Gasteiger partial charge on any atom is -0.201 e. The van der Waals surface area contributed by atoms with Gasteiger partial charge in [0.25, 0.3) is 0 Å². The van der Waals surface area contributed by atoms with Crippen LogP contribution in [0.5, 0.6) is 0 Å². The summed E-state index contributed by atoms with van der Waals surface area (Å²) in [6, 6.07) is 35.3. The molecule has 97 heavy (non-hydrogen) atoms. The van der Waals surface area contributed by atoms with Crippen molar-refractivity contribution in [3.8, 4) is 56.3 Å². The third kappa shape index (κ3) is 21.4. The van der Waals surface area contributed by atoms with Crippen LogP contribution in [0.15, 0.2) is 152 Å². The van der Waals surface area contributed by atoms with E-state index in [0.717, 1.165) is 55.9 Å². The second-order valence-electron chi connectivity index (χ2n) is 27.6. The second-order valence-corrected chi connectivity index (χ2v) is 27.6. The average molecular weight is 1330 g/mol. The lowest BCUT2D eigenvalue weighted by molar-refractivity contribution is -0.661. The molecule has 1 atom stereocenters. The fourth-order valence-corrected chi connectivity index (χ4v) is 11.7. The maximum atomic E-state index is 8.67. The van der Waals surface area contributed by atoms with E-state index >= 15 is 0 Å². The highest BCUT2D eigenvalue weighted by molar-refractivity contribution is 5.67. The number of pyridine rings is 5. The summed E-state index contributed by atoms with van der Waals surface area (Å²) in [5.74, 6) is -2.28. The van der Waals surface area contributed by atoms with Gasteiger partial charge in [-0.25, -0.2) is 22.8 Å². The van der Waals surface area contributed by atoms with Crippen LogP contribution in [0, 0.1) is 128 Å². The van der Waals surface area contributed by atoms with E-state index in [1.807, 2.05) is 57.6 Å². The van der Waals surface area contributed by atoms with E-state index < -0.39 is 84.3 Å². The van der Waals surface area contributed by atoms with Crippen LogP contribution in [0.4, 0.5) is 0 Å². The highest BCUT2D eigenvalue weighted by Crippen LogP contribution is 2.31. The molecule has 0 fully saturated rings. The van der Waals surface area contributed by atoms with Crippen molar-refractivity contribution in [3.05, 3.63) is 264 Å². The maximum absolute atomic E-state index is 8.67. The lowest BCUT2D eigenvalue weighted by Crippen LogP contribution is -2.32. The number of nitrogens with zero attached hydrogens (tertiary/aromatic N) is 5. The molecule has 1 unspecified atom stereocenters. The predicted molar refractivity (Wildman–Crippen MR) is 415 cm³/mol. The van der Waals surface area contributed by atoms with E-state index in [2.05, 4.69) is 70.6 Å². The van der Waals surface area contributed by atoms with Crippen molar-refractivity contribution in [2.45, 2.75) is 198 Å². The fourth-order valence-electron chi connectivity index (χ4n) is 11.7. The molecule has 5 aromatic heterocycles. The van der Waals surface area contributed by atoms with Crippen molar-refractivity contribution in [1.82, 2.24) is 0 Å². The Balaban J connectivity index is 0.000000243. The molecule has 512 valence electrons. The van der Waals surface area contributed by atoms with Gasteiger partial charge in [-0.2, -0.15) is 0 Å². The number of benzene rings is 5. The molecule has 0 aliphatic carbocycles. The molecule has 5 heterocycles. The molecule has 0 aliphatic rings. The summed E-state index contributed by atoms with van der Waals surface area (Å²) in [7, 11) is 9.24. The lowest BCUT2D eigenvalue weighted by Gasteiger charge is -2.19. The predicted octanol–water partition coefficient (Wildman–Crippen LogP) is 20.9. The van der Waals surface area contributed by atoms with Gasteiger partial charge in [0.05, 0.1) is 0 Å². The van der Waals surface area contributed by atoms with Crippen molar-refractivity contribution in [1.29, 1.82) is 0 Å². The van der Waals surface area contributed by atoms with Gasteiger partial charge in [0.1, 0.15) is 35.2 Å². The van der Waals surface area contributed by atoms with E-state index in [-0.39, 0.29) is 44.9 Å². The van der Waals surface area contributed by atoms with Gasteiger partial charge in [-0.1, -0.05) is 145 Å². The van der Waals surface area contributed by atoms with Crippen LogP contribution in [-0.2, 0) is 54.4 Å². The molecule has 10 rings (SSSR count). The smallest absolute Gasteiger partial charge is 0.201 e. The van der Waals surface area contributed by atoms with Crippen molar-refractivity contribution >= 4 is 0 Å². The summed E-state index contributed by atoms with van der Waals surface area (Å²) in [6.07, 6.45) is 3.50. The van der Waals surface area contributed by atoms with Crippen molar-refractivity contribution in [3.63, 3.8) is 0 Å². The quantitative estimate of drug-likeness (QED) is 0.115. The number of aryl methyl sites for hydroxylation is 20. The Hall–Kier alpha value is -8.15. The highest BCUT2D eigenvalue weighted by atomic mass is 14.9. The van der Waals surface area contributed by atoms with Crippen LogP contribution < -0.4 is 22.8 Å². The number of aromatic nitrogens is 5.